The maximum atomic E-state index is 13.3. The van der Waals surface area contributed by atoms with Crippen LogP contribution >= 0.6 is 0 Å². The summed E-state index contributed by atoms with van der Waals surface area (Å²) in [5, 5.41) is 3.13. The van der Waals surface area contributed by atoms with E-state index in [0.29, 0.717) is 30.5 Å². The van der Waals surface area contributed by atoms with Crippen LogP contribution in [0.3, 0.4) is 0 Å². The Bertz CT molecular complexity index is 1170. The third-order valence-electron chi connectivity index (χ3n) is 7.07. The van der Waals surface area contributed by atoms with Crippen molar-refractivity contribution in [3.8, 4) is 11.5 Å². The number of amides is 2. The van der Waals surface area contributed by atoms with Gasteiger partial charge in [-0.3, -0.25) is 4.90 Å². The van der Waals surface area contributed by atoms with Crippen LogP contribution in [0.25, 0.3) is 0 Å². The molecule has 0 saturated heterocycles. The highest BCUT2D eigenvalue weighted by atomic mass is 16.5. The van der Waals surface area contributed by atoms with E-state index in [9.17, 15) is 4.79 Å². The highest BCUT2D eigenvalue weighted by molar-refractivity contribution is 5.93. The molecule has 1 aromatic carbocycles. The molecule has 0 aliphatic heterocycles. The molecule has 3 aromatic rings. The number of unbranched alkanes of at least 4 members (excludes halogenated alkanes) is 1. The quantitative estimate of drug-likeness (QED) is 0.303. The summed E-state index contributed by atoms with van der Waals surface area (Å²) in [7, 11) is 1.64. The molecule has 2 amide bonds. The van der Waals surface area contributed by atoms with Crippen molar-refractivity contribution in [1.29, 1.82) is 0 Å². The number of carbonyl (C=O) groups excluding carboxylic acids is 1. The number of nitrogens with zero attached hydrogens (tertiary/aromatic N) is 4. The Balaban J connectivity index is 1.32. The normalized spacial score (nSPS) is 13.4. The molecule has 0 spiro atoms. The molecule has 1 aliphatic carbocycles. The van der Waals surface area contributed by atoms with Gasteiger partial charge in [-0.25, -0.2) is 14.8 Å². The lowest BCUT2D eigenvalue weighted by Gasteiger charge is -2.30. The fourth-order valence-corrected chi connectivity index (χ4v) is 5.00. The molecule has 4 rings (SSSR count). The smallest absolute Gasteiger partial charge is 0.322 e. The molecule has 0 bridgehead atoms. The molecular formula is C29H40N6O3. The molecule has 0 radical (unpaired) electrons. The summed E-state index contributed by atoms with van der Waals surface area (Å²) < 4.78 is 13.8. The number of imidazole rings is 1. The van der Waals surface area contributed by atoms with Crippen molar-refractivity contribution < 1.29 is 14.3 Å². The van der Waals surface area contributed by atoms with Gasteiger partial charge in [0.2, 0.25) is 0 Å². The number of pyridine rings is 1. The van der Waals surface area contributed by atoms with Crippen molar-refractivity contribution in [2.45, 2.75) is 70.9 Å². The standard InChI is InChI=1S/C29H40N6O3/c1-22-20-31-21-34(22)16-7-14-33-29(36)35(24-9-3-4-10-24)25-11-12-26(27(19-25)37-2)38-17-6-5-8-23-13-15-32-28(30)18-23/h11-13,15,18-21,24H,3-10,14,16-17H2,1-2H3,(H2,30,32)(H,33,36). The maximum absolute atomic E-state index is 13.3. The van der Waals surface area contributed by atoms with Gasteiger partial charge in [0.25, 0.3) is 0 Å². The van der Waals surface area contributed by atoms with Gasteiger partial charge >= 0.3 is 6.03 Å². The number of ether oxygens (including phenoxy) is 2. The summed E-state index contributed by atoms with van der Waals surface area (Å²) >= 11 is 0. The third-order valence-corrected chi connectivity index (χ3v) is 7.07. The fourth-order valence-electron chi connectivity index (χ4n) is 5.00. The lowest BCUT2D eigenvalue weighted by Crippen LogP contribution is -2.46. The monoisotopic (exact) mass is 520 g/mol. The van der Waals surface area contributed by atoms with Crippen LogP contribution in [0.5, 0.6) is 11.5 Å². The SMILES string of the molecule is COc1cc(N(C(=O)NCCCn2cncc2C)C2CCCC2)ccc1OCCCCc1ccnc(N)c1. The van der Waals surface area contributed by atoms with E-state index in [1.165, 1.54) is 5.56 Å². The number of rotatable bonds is 13. The van der Waals surface area contributed by atoms with Gasteiger partial charge in [0.1, 0.15) is 5.82 Å². The van der Waals surface area contributed by atoms with Gasteiger partial charge in [0.15, 0.2) is 11.5 Å². The number of aryl methyl sites for hydroxylation is 3. The largest absolute Gasteiger partial charge is 0.493 e. The minimum Gasteiger partial charge on any atom is -0.493 e. The van der Waals surface area contributed by atoms with Crippen molar-refractivity contribution in [2.24, 2.45) is 0 Å². The highest BCUT2D eigenvalue weighted by Crippen LogP contribution is 2.35. The molecule has 1 fully saturated rings. The molecule has 9 nitrogen and oxygen atoms in total. The van der Waals surface area contributed by atoms with Crippen molar-refractivity contribution in [1.82, 2.24) is 19.9 Å². The lowest BCUT2D eigenvalue weighted by atomic mass is 10.1. The first-order chi connectivity index (χ1) is 18.5. The van der Waals surface area contributed by atoms with Gasteiger partial charge in [-0.15, -0.1) is 0 Å². The second-order valence-electron chi connectivity index (χ2n) is 9.85. The zero-order valence-corrected chi connectivity index (χ0v) is 22.6. The highest BCUT2D eigenvalue weighted by Gasteiger charge is 2.28. The van der Waals surface area contributed by atoms with Crippen LogP contribution in [0.1, 0.15) is 56.2 Å². The molecule has 1 saturated carbocycles. The molecule has 0 unspecified atom stereocenters. The summed E-state index contributed by atoms with van der Waals surface area (Å²) in [5.41, 5.74) is 8.90. The Morgan fingerprint density at radius 1 is 1.16 bits per heavy atom. The second kappa shape index (κ2) is 13.7. The maximum Gasteiger partial charge on any atom is 0.322 e. The van der Waals surface area contributed by atoms with E-state index in [-0.39, 0.29) is 12.1 Å². The summed E-state index contributed by atoms with van der Waals surface area (Å²) in [5.74, 6) is 1.87. The van der Waals surface area contributed by atoms with Gasteiger partial charge in [0, 0.05) is 49.0 Å². The molecule has 2 aromatic heterocycles. The second-order valence-corrected chi connectivity index (χ2v) is 9.85. The van der Waals surface area contributed by atoms with Crippen LogP contribution in [0.4, 0.5) is 16.3 Å². The van der Waals surface area contributed by atoms with Gasteiger partial charge < -0.3 is 25.1 Å². The summed E-state index contributed by atoms with van der Waals surface area (Å²) in [4.78, 5) is 23.4. The predicted octanol–water partition coefficient (Wildman–Crippen LogP) is 5.13. The number of aromatic nitrogens is 3. The number of hydrogen-bond acceptors (Lipinski definition) is 6. The van der Waals surface area contributed by atoms with E-state index in [1.807, 2.05) is 54.7 Å². The Morgan fingerprint density at radius 2 is 2.00 bits per heavy atom. The number of methoxy groups -OCH3 is 1. The molecule has 3 N–H and O–H groups in total. The number of nitrogens with two attached hydrogens (primary N) is 1. The molecule has 9 heteroatoms. The number of nitrogen functional groups attached to an aromatic ring is 1. The van der Waals surface area contributed by atoms with Crippen LogP contribution in [-0.4, -0.2) is 46.9 Å². The van der Waals surface area contributed by atoms with Gasteiger partial charge in [-0.2, -0.15) is 0 Å². The average Bonchev–Trinajstić information content (AvgIpc) is 3.59. The fraction of sp³-hybridized carbons (Fsp3) is 0.483. The molecule has 204 valence electrons. The molecule has 38 heavy (non-hydrogen) atoms. The molecule has 1 aliphatic rings. The first-order valence-corrected chi connectivity index (χ1v) is 13.6. The minimum absolute atomic E-state index is 0.0632. The number of carbonyl (C=O) groups is 1. The lowest BCUT2D eigenvalue weighted by molar-refractivity contribution is 0.243. The van der Waals surface area contributed by atoms with Crippen LogP contribution < -0.4 is 25.4 Å². The number of hydrogen-bond donors (Lipinski definition) is 2. The summed E-state index contributed by atoms with van der Waals surface area (Å²) in [6.45, 7) is 4.04. The van der Waals surface area contributed by atoms with E-state index in [2.05, 4.69) is 19.9 Å². The summed E-state index contributed by atoms with van der Waals surface area (Å²) in [6, 6.07) is 9.82. The minimum atomic E-state index is -0.0632. The first-order valence-electron chi connectivity index (χ1n) is 13.6. The van der Waals surface area contributed by atoms with Gasteiger partial charge in [0.05, 0.1) is 20.0 Å². The van der Waals surface area contributed by atoms with Crippen LogP contribution in [0, 0.1) is 6.92 Å². The zero-order chi connectivity index (χ0) is 26.7. The van der Waals surface area contributed by atoms with E-state index < -0.39 is 0 Å². The Kier molecular flexibility index (Phi) is 9.84. The Labute approximate surface area is 225 Å². The van der Waals surface area contributed by atoms with E-state index in [4.69, 9.17) is 15.2 Å². The van der Waals surface area contributed by atoms with E-state index >= 15 is 0 Å². The average molecular weight is 521 g/mol. The Hall–Kier alpha value is -3.75. The molecule has 2 heterocycles. The van der Waals surface area contributed by atoms with Crippen molar-refractivity contribution in [3.63, 3.8) is 0 Å². The Morgan fingerprint density at radius 3 is 2.74 bits per heavy atom. The predicted molar refractivity (Wildman–Crippen MR) is 150 cm³/mol. The zero-order valence-electron chi connectivity index (χ0n) is 22.6. The van der Waals surface area contributed by atoms with Crippen molar-refractivity contribution in [3.05, 3.63) is 60.3 Å². The molecular weight excluding hydrogens is 480 g/mol. The van der Waals surface area contributed by atoms with Crippen molar-refractivity contribution in [2.75, 3.05) is 30.9 Å². The van der Waals surface area contributed by atoms with Crippen LogP contribution in [-0.2, 0) is 13.0 Å². The number of nitrogens with one attached hydrogen (secondary N) is 1. The van der Waals surface area contributed by atoms with E-state index in [1.54, 1.807) is 13.3 Å². The molecule has 0 atom stereocenters. The van der Waals surface area contributed by atoms with Gasteiger partial charge in [-0.1, -0.05) is 12.8 Å². The van der Waals surface area contributed by atoms with Crippen LogP contribution in [0.15, 0.2) is 49.1 Å². The first kappa shape index (κ1) is 27.3. The third kappa shape index (κ3) is 7.40. The van der Waals surface area contributed by atoms with Crippen molar-refractivity contribution >= 4 is 17.5 Å². The number of anilines is 2. The number of benzene rings is 1. The van der Waals surface area contributed by atoms with Gasteiger partial charge in [-0.05, 0) is 75.3 Å². The van der Waals surface area contributed by atoms with E-state index in [0.717, 1.165) is 69.3 Å². The van der Waals surface area contributed by atoms with Crippen LogP contribution in [0.2, 0.25) is 0 Å². The topological polar surface area (TPSA) is 108 Å². The number of urea groups is 1. The summed E-state index contributed by atoms with van der Waals surface area (Å²) in [6.07, 6.45) is 13.4.